The maximum Gasteiger partial charge on any atom is 0.263 e. The van der Waals surface area contributed by atoms with Crippen LogP contribution >= 0.6 is 22.7 Å². The Bertz CT molecular complexity index is 749. The van der Waals surface area contributed by atoms with Gasteiger partial charge in [-0.3, -0.25) is 4.79 Å². The number of carbonyl (C=O) groups excluding carboxylic acids is 1. The Balaban J connectivity index is 1.47. The molecule has 0 saturated carbocycles. The van der Waals surface area contributed by atoms with Gasteiger partial charge in [-0.15, -0.1) is 22.7 Å². The van der Waals surface area contributed by atoms with Crippen molar-refractivity contribution in [2.45, 2.75) is 18.8 Å². The molecular formula is C18H17NOS2. The molecule has 1 fully saturated rings. The molecule has 4 rings (SSSR count). The van der Waals surface area contributed by atoms with Crippen molar-refractivity contribution in [2.24, 2.45) is 0 Å². The second-order valence-corrected chi connectivity index (χ2v) is 7.79. The third-order valence-electron chi connectivity index (χ3n) is 4.36. The van der Waals surface area contributed by atoms with Crippen LogP contribution in [0.2, 0.25) is 0 Å². The number of thiophene rings is 2. The number of hydrogen-bond donors (Lipinski definition) is 0. The Kier molecular flexibility index (Phi) is 3.72. The number of piperidine rings is 1. The van der Waals surface area contributed by atoms with E-state index in [0.717, 1.165) is 30.8 Å². The van der Waals surface area contributed by atoms with E-state index in [1.807, 2.05) is 34.4 Å². The van der Waals surface area contributed by atoms with Gasteiger partial charge in [0.05, 0.1) is 4.88 Å². The number of carbonyl (C=O) groups is 1. The van der Waals surface area contributed by atoms with E-state index in [9.17, 15) is 4.79 Å². The zero-order valence-corrected chi connectivity index (χ0v) is 13.8. The summed E-state index contributed by atoms with van der Waals surface area (Å²) in [6, 6.07) is 14.6. The van der Waals surface area contributed by atoms with Crippen LogP contribution in [0.15, 0.2) is 47.8 Å². The molecule has 2 aromatic heterocycles. The van der Waals surface area contributed by atoms with Crippen LogP contribution in [-0.4, -0.2) is 23.9 Å². The van der Waals surface area contributed by atoms with E-state index >= 15 is 0 Å². The minimum atomic E-state index is 0.200. The number of amides is 1. The first kappa shape index (κ1) is 14.0. The van der Waals surface area contributed by atoms with Gasteiger partial charge in [0, 0.05) is 22.7 Å². The van der Waals surface area contributed by atoms with Crippen LogP contribution in [0.4, 0.5) is 0 Å². The number of likely N-dealkylation sites (tertiary alicyclic amines) is 1. The molecule has 1 saturated heterocycles. The Labute approximate surface area is 138 Å². The molecule has 0 radical (unpaired) electrons. The van der Waals surface area contributed by atoms with Crippen LogP contribution in [0.3, 0.4) is 0 Å². The molecule has 112 valence electrons. The minimum Gasteiger partial charge on any atom is -0.338 e. The van der Waals surface area contributed by atoms with Crippen LogP contribution in [-0.2, 0) is 0 Å². The van der Waals surface area contributed by atoms with Crippen LogP contribution in [0.1, 0.15) is 33.3 Å². The Morgan fingerprint density at radius 2 is 1.91 bits per heavy atom. The van der Waals surface area contributed by atoms with Crippen molar-refractivity contribution >= 4 is 38.7 Å². The number of hydrogen-bond acceptors (Lipinski definition) is 3. The van der Waals surface area contributed by atoms with Gasteiger partial charge in [0.2, 0.25) is 0 Å². The topological polar surface area (TPSA) is 20.3 Å². The smallest absolute Gasteiger partial charge is 0.263 e. The van der Waals surface area contributed by atoms with E-state index in [-0.39, 0.29) is 5.91 Å². The van der Waals surface area contributed by atoms with E-state index < -0.39 is 0 Å². The monoisotopic (exact) mass is 327 g/mol. The van der Waals surface area contributed by atoms with Crippen molar-refractivity contribution in [1.82, 2.24) is 4.90 Å². The van der Waals surface area contributed by atoms with E-state index in [0.29, 0.717) is 5.92 Å². The zero-order valence-electron chi connectivity index (χ0n) is 12.2. The molecule has 2 nitrogen and oxygen atoms in total. The quantitative estimate of drug-likeness (QED) is 0.650. The van der Waals surface area contributed by atoms with Gasteiger partial charge in [-0.2, -0.15) is 0 Å². The molecule has 1 amide bonds. The molecule has 1 aliphatic heterocycles. The second kappa shape index (κ2) is 5.86. The standard InChI is InChI=1S/C18H17NOS2/c20-18(17-12-14-4-1-2-5-16(14)22-17)19-9-7-13(8-10-19)15-6-3-11-21-15/h1-6,11-13H,7-10H2. The second-order valence-electron chi connectivity index (χ2n) is 5.73. The lowest BCUT2D eigenvalue weighted by atomic mass is 9.95. The highest BCUT2D eigenvalue weighted by atomic mass is 32.1. The average Bonchev–Trinajstić information content (AvgIpc) is 3.23. The predicted molar refractivity (Wildman–Crippen MR) is 94.0 cm³/mol. The fraction of sp³-hybridized carbons (Fsp3) is 0.278. The van der Waals surface area contributed by atoms with Gasteiger partial charge in [-0.25, -0.2) is 0 Å². The maximum absolute atomic E-state index is 12.7. The fourth-order valence-corrected chi connectivity index (χ4v) is 5.06. The van der Waals surface area contributed by atoms with E-state index in [1.54, 1.807) is 11.3 Å². The van der Waals surface area contributed by atoms with Crippen molar-refractivity contribution in [3.63, 3.8) is 0 Å². The molecule has 0 spiro atoms. The first-order valence-electron chi connectivity index (χ1n) is 7.62. The molecule has 0 atom stereocenters. The maximum atomic E-state index is 12.7. The lowest BCUT2D eigenvalue weighted by Gasteiger charge is -2.31. The summed E-state index contributed by atoms with van der Waals surface area (Å²) in [5.41, 5.74) is 0. The molecule has 0 unspecified atom stereocenters. The Hall–Kier alpha value is -1.65. The molecule has 0 bridgehead atoms. The van der Waals surface area contributed by atoms with Crippen molar-refractivity contribution in [1.29, 1.82) is 0 Å². The number of rotatable bonds is 2. The number of nitrogens with zero attached hydrogens (tertiary/aromatic N) is 1. The lowest BCUT2D eigenvalue weighted by molar-refractivity contribution is 0.0719. The molecule has 3 heterocycles. The molecular weight excluding hydrogens is 310 g/mol. The summed E-state index contributed by atoms with van der Waals surface area (Å²) < 4.78 is 1.19. The van der Waals surface area contributed by atoms with Gasteiger partial charge in [0.15, 0.2) is 0 Å². The Morgan fingerprint density at radius 3 is 2.64 bits per heavy atom. The van der Waals surface area contributed by atoms with Gasteiger partial charge < -0.3 is 4.90 Å². The molecule has 1 aromatic carbocycles. The summed E-state index contributed by atoms with van der Waals surface area (Å²) in [5.74, 6) is 0.831. The van der Waals surface area contributed by atoms with Crippen molar-refractivity contribution in [3.8, 4) is 0 Å². The SMILES string of the molecule is O=C(c1cc2ccccc2s1)N1CCC(c2cccs2)CC1. The van der Waals surface area contributed by atoms with Gasteiger partial charge in [0.25, 0.3) is 5.91 Å². The third kappa shape index (κ3) is 2.57. The van der Waals surface area contributed by atoms with Crippen LogP contribution in [0.25, 0.3) is 10.1 Å². The van der Waals surface area contributed by atoms with Gasteiger partial charge in [-0.1, -0.05) is 24.3 Å². The highest BCUT2D eigenvalue weighted by Crippen LogP contribution is 2.32. The molecule has 0 N–H and O–H groups in total. The summed E-state index contributed by atoms with van der Waals surface area (Å²) in [4.78, 5) is 17.1. The van der Waals surface area contributed by atoms with Crippen molar-refractivity contribution in [2.75, 3.05) is 13.1 Å². The van der Waals surface area contributed by atoms with Crippen molar-refractivity contribution in [3.05, 3.63) is 57.6 Å². The molecule has 22 heavy (non-hydrogen) atoms. The zero-order chi connectivity index (χ0) is 14.9. The minimum absolute atomic E-state index is 0.200. The van der Waals surface area contributed by atoms with Gasteiger partial charge >= 0.3 is 0 Å². The normalized spacial score (nSPS) is 16.3. The summed E-state index contributed by atoms with van der Waals surface area (Å²) in [5, 5.41) is 3.31. The summed E-state index contributed by atoms with van der Waals surface area (Å²) in [6.07, 6.45) is 2.16. The first-order valence-corrected chi connectivity index (χ1v) is 9.32. The molecule has 1 aliphatic rings. The number of fused-ring (bicyclic) bond motifs is 1. The summed E-state index contributed by atoms with van der Waals surface area (Å²) >= 11 is 3.45. The van der Waals surface area contributed by atoms with Crippen LogP contribution < -0.4 is 0 Å². The van der Waals surface area contributed by atoms with E-state index in [1.165, 1.54) is 15.0 Å². The van der Waals surface area contributed by atoms with Gasteiger partial charge in [0.1, 0.15) is 0 Å². The van der Waals surface area contributed by atoms with E-state index in [4.69, 9.17) is 0 Å². The largest absolute Gasteiger partial charge is 0.338 e. The third-order valence-corrected chi connectivity index (χ3v) is 6.50. The lowest BCUT2D eigenvalue weighted by Crippen LogP contribution is -2.37. The Morgan fingerprint density at radius 1 is 1.09 bits per heavy atom. The predicted octanol–water partition coefficient (Wildman–Crippen LogP) is 4.98. The first-order chi connectivity index (χ1) is 10.8. The van der Waals surface area contributed by atoms with Crippen LogP contribution in [0.5, 0.6) is 0 Å². The van der Waals surface area contributed by atoms with E-state index in [2.05, 4.69) is 29.6 Å². The molecule has 4 heteroatoms. The van der Waals surface area contributed by atoms with Crippen LogP contribution in [0, 0.1) is 0 Å². The highest BCUT2D eigenvalue weighted by Gasteiger charge is 2.25. The average molecular weight is 327 g/mol. The van der Waals surface area contributed by atoms with Crippen molar-refractivity contribution < 1.29 is 4.79 Å². The number of benzene rings is 1. The molecule has 3 aromatic rings. The summed E-state index contributed by atoms with van der Waals surface area (Å²) in [7, 11) is 0. The summed E-state index contributed by atoms with van der Waals surface area (Å²) in [6.45, 7) is 1.74. The fourth-order valence-electron chi connectivity index (χ4n) is 3.13. The van der Waals surface area contributed by atoms with Gasteiger partial charge in [-0.05, 0) is 47.7 Å². The highest BCUT2D eigenvalue weighted by molar-refractivity contribution is 7.20. The molecule has 0 aliphatic carbocycles.